The minimum atomic E-state index is -0.503. The summed E-state index contributed by atoms with van der Waals surface area (Å²) in [5.41, 5.74) is 3.04. The van der Waals surface area contributed by atoms with Gasteiger partial charge in [0.25, 0.3) is 0 Å². The van der Waals surface area contributed by atoms with Crippen LogP contribution in [0.25, 0.3) is 0 Å². The average Bonchev–Trinajstić information content (AvgIpc) is 2.60. The Hall–Kier alpha value is -0.870. The van der Waals surface area contributed by atoms with Gasteiger partial charge in [0.2, 0.25) is 0 Å². The van der Waals surface area contributed by atoms with E-state index in [0.29, 0.717) is 6.54 Å². The van der Waals surface area contributed by atoms with Gasteiger partial charge in [0, 0.05) is 31.4 Å². The molecule has 1 aliphatic carbocycles. The molecule has 1 fully saturated rings. The van der Waals surface area contributed by atoms with Crippen LogP contribution in [0.3, 0.4) is 0 Å². The maximum atomic E-state index is 10.5. The summed E-state index contributed by atoms with van der Waals surface area (Å²) in [6, 6.07) is 0. The summed E-state index contributed by atoms with van der Waals surface area (Å²) in [6.07, 6.45) is 4.13. The van der Waals surface area contributed by atoms with Crippen molar-refractivity contribution in [2.24, 2.45) is 13.0 Å². The van der Waals surface area contributed by atoms with Crippen molar-refractivity contribution < 1.29 is 5.11 Å². The molecule has 1 heterocycles. The quantitative estimate of drug-likeness (QED) is 0.876. The molecule has 1 saturated carbocycles. The van der Waals surface area contributed by atoms with Crippen LogP contribution in [0.5, 0.6) is 0 Å². The fraction of sp³-hybridized carbons (Fsp3) is 0.800. The first-order valence-corrected chi connectivity index (χ1v) is 7.33. The molecule has 1 aliphatic rings. The van der Waals surface area contributed by atoms with E-state index in [1.165, 1.54) is 11.3 Å². The highest BCUT2D eigenvalue weighted by Crippen LogP contribution is 2.31. The summed E-state index contributed by atoms with van der Waals surface area (Å²) < 4.78 is 1.92. The number of nitrogens with zero attached hydrogens (tertiary/aromatic N) is 2. The van der Waals surface area contributed by atoms with Crippen LogP contribution >= 0.6 is 0 Å². The van der Waals surface area contributed by atoms with E-state index < -0.39 is 5.60 Å². The van der Waals surface area contributed by atoms with E-state index in [4.69, 9.17) is 0 Å². The Bertz CT molecular complexity index is 431. The van der Waals surface area contributed by atoms with Crippen LogP contribution in [0.4, 0.5) is 0 Å². The predicted molar refractivity (Wildman–Crippen MR) is 77.0 cm³/mol. The Morgan fingerprint density at radius 1 is 1.37 bits per heavy atom. The minimum absolute atomic E-state index is 0.503. The summed E-state index contributed by atoms with van der Waals surface area (Å²) in [5, 5.41) is 18.4. The van der Waals surface area contributed by atoms with Crippen LogP contribution in [-0.2, 0) is 13.6 Å². The highest BCUT2D eigenvalue weighted by molar-refractivity contribution is 5.24. The highest BCUT2D eigenvalue weighted by Gasteiger charge is 2.31. The second-order valence-electron chi connectivity index (χ2n) is 6.28. The van der Waals surface area contributed by atoms with Crippen molar-refractivity contribution >= 4 is 0 Å². The lowest BCUT2D eigenvalue weighted by Gasteiger charge is -2.35. The van der Waals surface area contributed by atoms with Gasteiger partial charge in [0.15, 0.2) is 0 Å². The molecule has 0 unspecified atom stereocenters. The standard InChI is InChI=1S/C15H27N3O/c1-11-5-7-15(19,8-6-11)10-16-9-14-12(2)17-18(4)13(14)3/h11,16,19H,5-10H2,1-4H3. The molecule has 0 bridgehead atoms. The second-order valence-corrected chi connectivity index (χ2v) is 6.28. The van der Waals surface area contributed by atoms with Gasteiger partial charge < -0.3 is 10.4 Å². The van der Waals surface area contributed by atoms with Crippen molar-refractivity contribution in [2.75, 3.05) is 6.54 Å². The molecule has 0 saturated heterocycles. The maximum absolute atomic E-state index is 10.5. The molecule has 0 aliphatic heterocycles. The van der Waals surface area contributed by atoms with Crippen molar-refractivity contribution in [3.63, 3.8) is 0 Å². The molecule has 2 rings (SSSR count). The van der Waals surface area contributed by atoms with Gasteiger partial charge >= 0.3 is 0 Å². The minimum Gasteiger partial charge on any atom is -0.389 e. The topological polar surface area (TPSA) is 50.1 Å². The van der Waals surface area contributed by atoms with Gasteiger partial charge in [-0.1, -0.05) is 6.92 Å². The van der Waals surface area contributed by atoms with Gasteiger partial charge in [-0.15, -0.1) is 0 Å². The van der Waals surface area contributed by atoms with Crippen LogP contribution in [0.2, 0.25) is 0 Å². The first-order valence-electron chi connectivity index (χ1n) is 7.33. The van der Waals surface area contributed by atoms with E-state index in [2.05, 4.69) is 24.3 Å². The molecule has 0 atom stereocenters. The Labute approximate surface area is 116 Å². The molecular formula is C15H27N3O. The van der Waals surface area contributed by atoms with E-state index in [-0.39, 0.29) is 0 Å². The van der Waals surface area contributed by atoms with Crippen LogP contribution in [0.1, 0.15) is 49.6 Å². The van der Waals surface area contributed by atoms with Gasteiger partial charge in [-0.05, 0) is 45.4 Å². The van der Waals surface area contributed by atoms with Crippen LogP contribution in [0, 0.1) is 19.8 Å². The monoisotopic (exact) mass is 265 g/mol. The smallest absolute Gasteiger partial charge is 0.0771 e. The first-order chi connectivity index (χ1) is 8.91. The molecular weight excluding hydrogens is 238 g/mol. The number of nitrogens with one attached hydrogen (secondary N) is 1. The van der Waals surface area contributed by atoms with Crippen molar-refractivity contribution in [1.82, 2.24) is 15.1 Å². The predicted octanol–water partition coefficient (Wildman–Crippen LogP) is 2.07. The van der Waals surface area contributed by atoms with Gasteiger partial charge in [-0.2, -0.15) is 5.10 Å². The van der Waals surface area contributed by atoms with Gasteiger partial charge in [-0.3, -0.25) is 4.68 Å². The Morgan fingerprint density at radius 2 is 2.00 bits per heavy atom. The molecule has 4 nitrogen and oxygen atoms in total. The number of aryl methyl sites for hydroxylation is 2. The molecule has 1 aromatic heterocycles. The lowest BCUT2D eigenvalue weighted by Crippen LogP contribution is -2.43. The van der Waals surface area contributed by atoms with Crippen molar-refractivity contribution in [2.45, 2.75) is 58.6 Å². The maximum Gasteiger partial charge on any atom is 0.0771 e. The summed E-state index contributed by atoms with van der Waals surface area (Å²) in [5.74, 6) is 0.767. The van der Waals surface area contributed by atoms with Crippen LogP contribution in [0.15, 0.2) is 0 Å². The van der Waals surface area contributed by atoms with Gasteiger partial charge in [-0.25, -0.2) is 0 Å². The van der Waals surface area contributed by atoms with E-state index in [0.717, 1.165) is 43.8 Å². The van der Waals surface area contributed by atoms with Gasteiger partial charge in [0.1, 0.15) is 0 Å². The second kappa shape index (κ2) is 5.63. The van der Waals surface area contributed by atoms with E-state index in [9.17, 15) is 5.11 Å². The van der Waals surface area contributed by atoms with Gasteiger partial charge in [0.05, 0.1) is 11.3 Å². The number of rotatable bonds is 4. The number of hydrogen-bond acceptors (Lipinski definition) is 3. The summed E-state index contributed by atoms with van der Waals surface area (Å²) in [6.45, 7) is 7.89. The summed E-state index contributed by atoms with van der Waals surface area (Å²) >= 11 is 0. The molecule has 19 heavy (non-hydrogen) atoms. The summed E-state index contributed by atoms with van der Waals surface area (Å²) in [4.78, 5) is 0. The number of aromatic nitrogens is 2. The molecule has 0 amide bonds. The first kappa shape index (κ1) is 14.5. The van der Waals surface area contributed by atoms with Crippen LogP contribution < -0.4 is 5.32 Å². The Morgan fingerprint density at radius 3 is 2.53 bits per heavy atom. The molecule has 0 aromatic carbocycles. The molecule has 108 valence electrons. The highest BCUT2D eigenvalue weighted by atomic mass is 16.3. The van der Waals surface area contributed by atoms with E-state index in [1.54, 1.807) is 0 Å². The zero-order valence-electron chi connectivity index (χ0n) is 12.7. The molecule has 4 heteroatoms. The van der Waals surface area contributed by atoms with E-state index >= 15 is 0 Å². The Kier molecular flexibility index (Phi) is 4.31. The molecule has 2 N–H and O–H groups in total. The van der Waals surface area contributed by atoms with Crippen molar-refractivity contribution in [1.29, 1.82) is 0 Å². The average molecular weight is 265 g/mol. The third-order valence-corrected chi connectivity index (χ3v) is 4.62. The fourth-order valence-electron chi connectivity index (χ4n) is 2.97. The zero-order chi connectivity index (χ0) is 14.0. The molecule has 0 spiro atoms. The lowest BCUT2D eigenvalue weighted by atomic mass is 9.79. The van der Waals surface area contributed by atoms with Crippen molar-refractivity contribution in [3.05, 3.63) is 17.0 Å². The molecule has 0 radical (unpaired) electrons. The normalized spacial score (nSPS) is 27.7. The van der Waals surface area contributed by atoms with Crippen LogP contribution in [-0.4, -0.2) is 27.0 Å². The van der Waals surface area contributed by atoms with Crippen molar-refractivity contribution in [3.8, 4) is 0 Å². The third-order valence-electron chi connectivity index (χ3n) is 4.62. The largest absolute Gasteiger partial charge is 0.389 e. The number of aliphatic hydroxyl groups is 1. The summed E-state index contributed by atoms with van der Waals surface area (Å²) in [7, 11) is 1.97. The number of hydrogen-bond donors (Lipinski definition) is 2. The Balaban J connectivity index is 1.86. The SMILES string of the molecule is Cc1nn(C)c(C)c1CNCC1(O)CCC(C)CC1. The zero-order valence-corrected chi connectivity index (χ0v) is 12.7. The molecule has 1 aromatic rings. The third kappa shape index (κ3) is 3.37. The lowest BCUT2D eigenvalue weighted by molar-refractivity contribution is -0.00632. The fourth-order valence-corrected chi connectivity index (χ4v) is 2.97. The van der Waals surface area contributed by atoms with E-state index in [1.807, 2.05) is 18.7 Å².